The largest absolute Gasteiger partial charge is 0.390 e. The summed E-state index contributed by atoms with van der Waals surface area (Å²) in [6, 6.07) is 0. The Hall–Kier alpha value is -0.0800. The lowest BCUT2D eigenvalue weighted by atomic mass is 9.85. The van der Waals surface area contributed by atoms with Gasteiger partial charge in [0, 0.05) is 7.11 Å². The van der Waals surface area contributed by atoms with Crippen molar-refractivity contribution in [2.24, 2.45) is 5.92 Å². The SMILES string of the molecule is CCCCC(CC)CC(O)C(C)(CC)OC. The van der Waals surface area contributed by atoms with Crippen LogP contribution in [-0.4, -0.2) is 23.9 Å². The zero-order valence-electron chi connectivity index (χ0n) is 11.8. The molecule has 0 aliphatic heterocycles. The lowest BCUT2D eigenvalue weighted by molar-refractivity contribution is -0.100. The monoisotopic (exact) mass is 230 g/mol. The van der Waals surface area contributed by atoms with E-state index in [1.165, 1.54) is 19.3 Å². The first-order valence-corrected chi connectivity index (χ1v) is 6.77. The number of unbranched alkanes of at least 4 members (excludes halogenated alkanes) is 1. The van der Waals surface area contributed by atoms with Gasteiger partial charge in [0.1, 0.15) is 0 Å². The van der Waals surface area contributed by atoms with Gasteiger partial charge in [-0.1, -0.05) is 46.5 Å². The number of rotatable bonds is 9. The average Bonchev–Trinajstić information content (AvgIpc) is 2.32. The number of methoxy groups -OCH3 is 1. The van der Waals surface area contributed by atoms with Gasteiger partial charge in [0.2, 0.25) is 0 Å². The summed E-state index contributed by atoms with van der Waals surface area (Å²) in [4.78, 5) is 0. The van der Waals surface area contributed by atoms with Gasteiger partial charge in [-0.2, -0.15) is 0 Å². The average molecular weight is 230 g/mol. The second kappa shape index (κ2) is 8.08. The van der Waals surface area contributed by atoms with Crippen molar-refractivity contribution in [2.45, 2.75) is 77.9 Å². The molecule has 0 fully saturated rings. The smallest absolute Gasteiger partial charge is 0.0905 e. The number of aliphatic hydroxyl groups is 1. The number of hydrogen-bond acceptors (Lipinski definition) is 2. The van der Waals surface area contributed by atoms with E-state index in [1.807, 2.05) is 6.92 Å². The van der Waals surface area contributed by atoms with E-state index in [-0.39, 0.29) is 11.7 Å². The van der Waals surface area contributed by atoms with E-state index in [9.17, 15) is 5.11 Å². The number of hydrogen-bond donors (Lipinski definition) is 1. The van der Waals surface area contributed by atoms with E-state index in [1.54, 1.807) is 7.11 Å². The minimum absolute atomic E-state index is 0.343. The molecule has 0 aliphatic rings. The Morgan fingerprint density at radius 2 is 1.88 bits per heavy atom. The number of ether oxygens (including phenoxy) is 1. The van der Waals surface area contributed by atoms with Crippen LogP contribution in [0, 0.1) is 5.92 Å². The molecule has 0 aromatic carbocycles. The molecule has 0 aromatic heterocycles. The highest BCUT2D eigenvalue weighted by Crippen LogP contribution is 2.27. The van der Waals surface area contributed by atoms with Crippen molar-refractivity contribution >= 4 is 0 Å². The summed E-state index contributed by atoms with van der Waals surface area (Å²) in [5.41, 5.74) is -0.375. The Balaban J connectivity index is 4.21. The normalized spacial score (nSPS) is 19.1. The Morgan fingerprint density at radius 3 is 2.25 bits per heavy atom. The molecular formula is C14H30O2. The van der Waals surface area contributed by atoms with E-state index < -0.39 is 0 Å². The van der Waals surface area contributed by atoms with E-state index in [2.05, 4.69) is 20.8 Å². The van der Waals surface area contributed by atoms with E-state index >= 15 is 0 Å². The maximum atomic E-state index is 10.2. The van der Waals surface area contributed by atoms with Crippen molar-refractivity contribution in [3.63, 3.8) is 0 Å². The lowest BCUT2D eigenvalue weighted by Gasteiger charge is -2.34. The third-order valence-electron chi connectivity index (χ3n) is 3.97. The van der Waals surface area contributed by atoms with E-state index in [4.69, 9.17) is 4.74 Å². The molecule has 0 amide bonds. The summed E-state index contributed by atoms with van der Waals surface area (Å²) in [7, 11) is 1.69. The fourth-order valence-corrected chi connectivity index (χ4v) is 2.06. The first-order chi connectivity index (χ1) is 7.53. The molecular weight excluding hydrogens is 200 g/mol. The van der Waals surface area contributed by atoms with Gasteiger partial charge in [0.25, 0.3) is 0 Å². The first-order valence-electron chi connectivity index (χ1n) is 6.77. The van der Waals surface area contributed by atoms with Crippen LogP contribution in [0.15, 0.2) is 0 Å². The molecule has 0 bridgehead atoms. The second-order valence-electron chi connectivity index (χ2n) is 5.04. The summed E-state index contributed by atoms with van der Waals surface area (Å²) >= 11 is 0. The third kappa shape index (κ3) is 4.84. The molecule has 0 aliphatic carbocycles. The minimum Gasteiger partial charge on any atom is -0.390 e. The maximum Gasteiger partial charge on any atom is 0.0905 e. The first kappa shape index (κ1) is 15.9. The van der Waals surface area contributed by atoms with Crippen molar-refractivity contribution in [1.29, 1.82) is 0 Å². The van der Waals surface area contributed by atoms with Crippen LogP contribution in [0.5, 0.6) is 0 Å². The Bertz CT molecular complexity index is 164. The van der Waals surface area contributed by atoms with E-state index in [0.717, 1.165) is 19.3 Å². The molecule has 16 heavy (non-hydrogen) atoms. The van der Waals surface area contributed by atoms with Gasteiger partial charge >= 0.3 is 0 Å². The van der Waals surface area contributed by atoms with Gasteiger partial charge in [-0.25, -0.2) is 0 Å². The van der Waals surface area contributed by atoms with Crippen LogP contribution in [0.4, 0.5) is 0 Å². The summed E-state index contributed by atoms with van der Waals surface area (Å²) in [5.74, 6) is 0.635. The molecule has 0 heterocycles. The molecule has 0 saturated carbocycles. The zero-order valence-corrected chi connectivity index (χ0v) is 11.8. The lowest BCUT2D eigenvalue weighted by Crippen LogP contribution is -2.41. The molecule has 3 atom stereocenters. The van der Waals surface area contributed by atoms with Crippen molar-refractivity contribution in [3.8, 4) is 0 Å². The molecule has 0 radical (unpaired) electrons. The van der Waals surface area contributed by atoms with Crippen molar-refractivity contribution < 1.29 is 9.84 Å². The Kier molecular flexibility index (Phi) is 8.04. The Morgan fingerprint density at radius 1 is 1.25 bits per heavy atom. The van der Waals surface area contributed by atoms with Crippen LogP contribution in [0.3, 0.4) is 0 Å². The summed E-state index contributed by atoms with van der Waals surface area (Å²) in [6.07, 6.45) is 6.27. The molecule has 0 spiro atoms. The maximum absolute atomic E-state index is 10.2. The van der Waals surface area contributed by atoms with Crippen LogP contribution in [0.2, 0.25) is 0 Å². The topological polar surface area (TPSA) is 29.5 Å². The minimum atomic E-state index is -0.375. The molecule has 98 valence electrons. The molecule has 0 saturated heterocycles. The fraction of sp³-hybridized carbons (Fsp3) is 1.00. The highest BCUT2D eigenvalue weighted by atomic mass is 16.5. The van der Waals surface area contributed by atoms with Crippen molar-refractivity contribution in [1.82, 2.24) is 0 Å². The summed E-state index contributed by atoms with van der Waals surface area (Å²) in [6.45, 7) is 8.50. The third-order valence-corrected chi connectivity index (χ3v) is 3.97. The van der Waals surface area contributed by atoms with Crippen molar-refractivity contribution in [3.05, 3.63) is 0 Å². The van der Waals surface area contributed by atoms with Gasteiger partial charge in [-0.05, 0) is 25.7 Å². The molecule has 0 rings (SSSR count). The quantitative estimate of drug-likeness (QED) is 0.653. The predicted molar refractivity (Wildman–Crippen MR) is 69.6 cm³/mol. The predicted octanol–water partition coefficient (Wildman–Crippen LogP) is 3.77. The molecule has 2 nitrogen and oxygen atoms in total. The standard InChI is InChI=1S/C14H30O2/c1-6-9-10-12(7-2)11-13(15)14(4,8-3)16-5/h12-13,15H,6-11H2,1-5H3. The molecule has 2 heteroatoms. The van der Waals surface area contributed by atoms with Crippen molar-refractivity contribution in [2.75, 3.05) is 7.11 Å². The molecule has 1 N–H and O–H groups in total. The molecule has 0 aromatic rings. The highest BCUT2D eigenvalue weighted by Gasteiger charge is 2.32. The summed E-state index contributed by atoms with van der Waals surface area (Å²) < 4.78 is 5.45. The van der Waals surface area contributed by atoms with Crippen LogP contribution in [0.25, 0.3) is 0 Å². The highest BCUT2D eigenvalue weighted by molar-refractivity contribution is 4.83. The zero-order chi connectivity index (χ0) is 12.6. The molecule has 3 unspecified atom stereocenters. The summed E-state index contributed by atoms with van der Waals surface area (Å²) in [5, 5.41) is 10.2. The fourth-order valence-electron chi connectivity index (χ4n) is 2.06. The Labute approximate surface area is 101 Å². The van der Waals surface area contributed by atoms with Gasteiger partial charge in [0.15, 0.2) is 0 Å². The van der Waals surface area contributed by atoms with Gasteiger partial charge < -0.3 is 9.84 Å². The number of aliphatic hydroxyl groups excluding tert-OH is 1. The van der Waals surface area contributed by atoms with Crippen LogP contribution in [0.1, 0.15) is 66.2 Å². The van der Waals surface area contributed by atoms with E-state index in [0.29, 0.717) is 5.92 Å². The van der Waals surface area contributed by atoms with Gasteiger partial charge in [-0.15, -0.1) is 0 Å². The van der Waals surface area contributed by atoms with Crippen LogP contribution in [-0.2, 0) is 4.74 Å². The van der Waals surface area contributed by atoms with Crippen LogP contribution >= 0.6 is 0 Å². The second-order valence-corrected chi connectivity index (χ2v) is 5.04. The van der Waals surface area contributed by atoms with Gasteiger partial charge in [0.05, 0.1) is 11.7 Å². The van der Waals surface area contributed by atoms with Gasteiger partial charge in [-0.3, -0.25) is 0 Å². The van der Waals surface area contributed by atoms with Crippen LogP contribution < -0.4 is 0 Å².